The number of halogens is 1. The SMILES string of the molecule is CCC(CC)(C(=O)NCCN(C)C)[C@H]1CC[C@@H](c2cccc(F)c2)N1C(=O)[C@@H](C)N1C(=O)c2ccccc2C1=O. The molecule has 0 saturated carbocycles. The van der Waals surface area contributed by atoms with Gasteiger partial charge in [0.15, 0.2) is 0 Å². The number of carbonyl (C=O) groups is 4. The largest absolute Gasteiger partial charge is 0.354 e. The first-order valence-electron chi connectivity index (χ1n) is 14.0. The number of fused-ring (bicyclic) bond motifs is 1. The molecule has 40 heavy (non-hydrogen) atoms. The number of carbonyl (C=O) groups excluding carboxylic acids is 4. The molecule has 2 aromatic carbocycles. The minimum Gasteiger partial charge on any atom is -0.354 e. The second-order valence-corrected chi connectivity index (χ2v) is 11.0. The van der Waals surface area contributed by atoms with E-state index in [1.165, 1.54) is 12.1 Å². The van der Waals surface area contributed by atoms with E-state index in [-0.39, 0.29) is 17.0 Å². The van der Waals surface area contributed by atoms with Gasteiger partial charge in [0.25, 0.3) is 11.8 Å². The summed E-state index contributed by atoms with van der Waals surface area (Å²) in [5, 5.41) is 3.07. The van der Waals surface area contributed by atoms with Crippen molar-refractivity contribution in [1.82, 2.24) is 20.0 Å². The second kappa shape index (κ2) is 11.9. The molecule has 1 N–H and O–H groups in total. The molecule has 0 unspecified atom stereocenters. The van der Waals surface area contributed by atoms with Gasteiger partial charge in [-0.15, -0.1) is 0 Å². The molecule has 214 valence electrons. The number of likely N-dealkylation sites (N-methyl/N-ethyl adjacent to an activating group) is 1. The van der Waals surface area contributed by atoms with E-state index < -0.39 is 47.1 Å². The zero-order valence-electron chi connectivity index (χ0n) is 23.9. The predicted octanol–water partition coefficient (Wildman–Crippen LogP) is 4.03. The molecule has 2 aromatic rings. The van der Waals surface area contributed by atoms with E-state index in [1.807, 2.05) is 32.8 Å². The van der Waals surface area contributed by atoms with Crippen LogP contribution in [-0.4, -0.2) is 77.6 Å². The Labute approximate surface area is 235 Å². The fourth-order valence-electron chi connectivity index (χ4n) is 6.35. The molecule has 3 atom stereocenters. The summed E-state index contributed by atoms with van der Waals surface area (Å²) in [6.07, 6.45) is 2.04. The summed E-state index contributed by atoms with van der Waals surface area (Å²) in [6.45, 7) is 6.58. The van der Waals surface area contributed by atoms with Crippen molar-refractivity contribution in [1.29, 1.82) is 0 Å². The topological polar surface area (TPSA) is 90.0 Å². The third-order valence-electron chi connectivity index (χ3n) is 8.64. The molecule has 0 bridgehead atoms. The zero-order valence-corrected chi connectivity index (χ0v) is 23.9. The summed E-state index contributed by atoms with van der Waals surface area (Å²) in [5.74, 6) is -2.01. The van der Waals surface area contributed by atoms with Crippen molar-refractivity contribution >= 4 is 23.6 Å². The molecule has 0 aliphatic carbocycles. The van der Waals surface area contributed by atoms with Gasteiger partial charge in [-0.25, -0.2) is 4.39 Å². The van der Waals surface area contributed by atoms with Crippen LogP contribution in [0.2, 0.25) is 0 Å². The molecule has 0 radical (unpaired) electrons. The summed E-state index contributed by atoms with van der Waals surface area (Å²) in [7, 11) is 3.86. The van der Waals surface area contributed by atoms with Gasteiger partial charge >= 0.3 is 0 Å². The number of imide groups is 1. The van der Waals surface area contributed by atoms with Crippen molar-refractivity contribution < 1.29 is 23.6 Å². The monoisotopic (exact) mass is 550 g/mol. The highest BCUT2D eigenvalue weighted by molar-refractivity contribution is 6.22. The van der Waals surface area contributed by atoms with Crippen molar-refractivity contribution in [3.63, 3.8) is 0 Å². The lowest BCUT2D eigenvalue weighted by Gasteiger charge is -2.44. The van der Waals surface area contributed by atoms with Crippen molar-refractivity contribution in [3.05, 3.63) is 71.0 Å². The average molecular weight is 551 g/mol. The fourth-order valence-corrected chi connectivity index (χ4v) is 6.35. The summed E-state index contributed by atoms with van der Waals surface area (Å²) in [6, 6.07) is 10.6. The first-order chi connectivity index (χ1) is 19.1. The van der Waals surface area contributed by atoms with Gasteiger partial charge in [-0.1, -0.05) is 38.1 Å². The quantitative estimate of drug-likeness (QED) is 0.452. The molecule has 2 heterocycles. The number of nitrogens with one attached hydrogen (secondary N) is 1. The second-order valence-electron chi connectivity index (χ2n) is 11.0. The number of nitrogens with zero attached hydrogens (tertiary/aromatic N) is 3. The Balaban J connectivity index is 1.73. The van der Waals surface area contributed by atoms with Crippen LogP contribution in [0, 0.1) is 11.2 Å². The van der Waals surface area contributed by atoms with Gasteiger partial charge in [0.2, 0.25) is 11.8 Å². The normalized spacial score (nSPS) is 19.8. The summed E-state index contributed by atoms with van der Waals surface area (Å²) < 4.78 is 14.3. The van der Waals surface area contributed by atoms with Gasteiger partial charge in [-0.05, 0) is 76.5 Å². The Bertz CT molecular complexity index is 1260. The molecule has 4 amide bonds. The van der Waals surface area contributed by atoms with Gasteiger partial charge < -0.3 is 15.1 Å². The minimum atomic E-state index is -1.10. The maximum Gasteiger partial charge on any atom is 0.262 e. The van der Waals surface area contributed by atoms with Crippen LogP contribution in [0.5, 0.6) is 0 Å². The standard InChI is InChI=1S/C31H39FN4O4/c1-6-31(7-2,30(40)33-17-18-34(4)5)26-16-15-25(21-11-10-12-22(32)19-21)36(26)27(37)20(3)35-28(38)23-13-8-9-14-24(23)29(35)39/h8-14,19-20,25-26H,6-7,15-18H2,1-5H3,(H,33,40)/t20-,25+,26-/m1/s1. The number of likely N-dealkylation sites (tertiary alicyclic amines) is 1. The van der Waals surface area contributed by atoms with E-state index in [0.717, 1.165) is 4.90 Å². The van der Waals surface area contributed by atoms with Crippen molar-refractivity contribution in [2.75, 3.05) is 27.2 Å². The summed E-state index contributed by atoms with van der Waals surface area (Å²) in [4.78, 5) is 59.4. The lowest BCUT2D eigenvalue weighted by atomic mass is 9.73. The molecule has 0 spiro atoms. The molecule has 9 heteroatoms. The molecular formula is C31H39FN4O4. The fraction of sp³-hybridized carbons (Fsp3) is 0.484. The molecule has 0 aromatic heterocycles. The third-order valence-corrected chi connectivity index (χ3v) is 8.64. The Morgan fingerprint density at radius 1 is 1.02 bits per heavy atom. The molecular weight excluding hydrogens is 511 g/mol. The van der Waals surface area contributed by atoms with E-state index in [4.69, 9.17) is 0 Å². The van der Waals surface area contributed by atoms with Crippen molar-refractivity contribution in [2.24, 2.45) is 5.41 Å². The van der Waals surface area contributed by atoms with Gasteiger partial charge in [0.05, 0.1) is 22.6 Å². The first kappa shape index (κ1) is 29.4. The zero-order chi connectivity index (χ0) is 29.2. The van der Waals surface area contributed by atoms with Crippen LogP contribution in [-0.2, 0) is 9.59 Å². The number of benzene rings is 2. The van der Waals surface area contributed by atoms with Crippen LogP contribution in [0.15, 0.2) is 48.5 Å². The van der Waals surface area contributed by atoms with Crippen LogP contribution in [0.4, 0.5) is 4.39 Å². The highest BCUT2D eigenvalue weighted by atomic mass is 19.1. The van der Waals surface area contributed by atoms with E-state index >= 15 is 0 Å². The predicted molar refractivity (Wildman–Crippen MR) is 150 cm³/mol. The van der Waals surface area contributed by atoms with Gasteiger partial charge in [0.1, 0.15) is 11.9 Å². The first-order valence-corrected chi connectivity index (χ1v) is 14.0. The number of hydrogen-bond acceptors (Lipinski definition) is 5. The lowest BCUT2D eigenvalue weighted by Crippen LogP contribution is -2.58. The third kappa shape index (κ3) is 5.14. The van der Waals surface area contributed by atoms with Gasteiger partial charge in [-0.2, -0.15) is 0 Å². The average Bonchev–Trinajstić information content (AvgIpc) is 3.48. The van der Waals surface area contributed by atoms with Crippen LogP contribution >= 0.6 is 0 Å². The van der Waals surface area contributed by atoms with Gasteiger partial charge in [0, 0.05) is 19.1 Å². The Kier molecular flexibility index (Phi) is 8.73. The Morgan fingerprint density at radius 3 is 2.20 bits per heavy atom. The van der Waals surface area contributed by atoms with E-state index in [9.17, 15) is 23.6 Å². The number of rotatable bonds is 10. The lowest BCUT2D eigenvalue weighted by molar-refractivity contribution is -0.146. The minimum absolute atomic E-state index is 0.129. The van der Waals surface area contributed by atoms with Crippen LogP contribution in [0.1, 0.15) is 78.8 Å². The van der Waals surface area contributed by atoms with Crippen LogP contribution < -0.4 is 5.32 Å². The Morgan fingerprint density at radius 2 is 1.65 bits per heavy atom. The summed E-state index contributed by atoms with van der Waals surface area (Å²) in [5.41, 5.74) is 0.262. The van der Waals surface area contributed by atoms with Crippen molar-refractivity contribution in [2.45, 2.75) is 64.6 Å². The van der Waals surface area contributed by atoms with Crippen LogP contribution in [0.25, 0.3) is 0 Å². The van der Waals surface area contributed by atoms with Gasteiger partial charge in [-0.3, -0.25) is 24.1 Å². The summed E-state index contributed by atoms with van der Waals surface area (Å²) >= 11 is 0. The number of amides is 4. The van der Waals surface area contributed by atoms with E-state index in [0.29, 0.717) is 44.3 Å². The molecule has 1 fully saturated rings. The maximum atomic E-state index is 14.4. The molecule has 8 nitrogen and oxygen atoms in total. The molecule has 2 aliphatic heterocycles. The highest BCUT2D eigenvalue weighted by Crippen LogP contribution is 2.47. The van der Waals surface area contributed by atoms with E-state index in [2.05, 4.69) is 5.32 Å². The van der Waals surface area contributed by atoms with E-state index in [1.54, 1.807) is 48.2 Å². The van der Waals surface area contributed by atoms with Crippen molar-refractivity contribution in [3.8, 4) is 0 Å². The molecule has 4 rings (SSSR count). The maximum absolute atomic E-state index is 14.4. The number of hydrogen-bond donors (Lipinski definition) is 1. The van der Waals surface area contributed by atoms with Crippen LogP contribution in [0.3, 0.4) is 0 Å². The smallest absolute Gasteiger partial charge is 0.262 e. The Hall–Kier alpha value is -3.59. The molecule has 1 saturated heterocycles. The molecule has 2 aliphatic rings. The highest BCUT2D eigenvalue weighted by Gasteiger charge is 2.54.